The van der Waals surface area contributed by atoms with Gasteiger partial charge in [0.15, 0.2) is 0 Å². The zero-order valence-corrected chi connectivity index (χ0v) is 18.4. The molecule has 0 spiro atoms. The molecule has 0 atom stereocenters. The number of halogens is 5. The molecule has 1 saturated heterocycles. The van der Waals surface area contributed by atoms with E-state index in [0.717, 1.165) is 24.6 Å². The van der Waals surface area contributed by atoms with Crippen LogP contribution < -0.4 is 5.32 Å². The number of nitrogens with one attached hydrogen (secondary N) is 1. The topological polar surface area (TPSA) is 35.6 Å². The van der Waals surface area contributed by atoms with Crippen LogP contribution in [0.15, 0.2) is 54.6 Å². The van der Waals surface area contributed by atoms with Gasteiger partial charge in [0.2, 0.25) is 5.92 Å². The highest BCUT2D eigenvalue weighted by atomic mass is 19.4. The minimum Gasteiger partial charge on any atom is -0.317 e. The molecule has 1 aliphatic rings. The maximum absolute atomic E-state index is 13.2. The number of piperidine rings is 1. The second kappa shape index (κ2) is 10.5. The first-order valence-electron chi connectivity index (χ1n) is 10.9. The van der Waals surface area contributed by atoms with E-state index in [-0.39, 0.29) is 24.7 Å². The first-order chi connectivity index (χ1) is 15.5. The van der Waals surface area contributed by atoms with Gasteiger partial charge in [-0.15, -0.1) is 0 Å². The average Bonchev–Trinajstić information content (AvgIpc) is 2.76. The van der Waals surface area contributed by atoms with Crippen LogP contribution in [-0.2, 0) is 12.7 Å². The molecule has 2 amide bonds. The largest absolute Gasteiger partial charge is 0.416 e. The molecule has 0 aliphatic carbocycles. The minimum absolute atomic E-state index is 0.0653. The number of alkyl halides is 5. The lowest BCUT2D eigenvalue weighted by Gasteiger charge is -2.39. The van der Waals surface area contributed by atoms with Crippen LogP contribution in [0.2, 0.25) is 0 Å². The van der Waals surface area contributed by atoms with Crippen molar-refractivity contribution < 1.29 is 26.7 Å². The fourth-order valence-corrected chi connectivity index (χ4v) is 3.92. The van der Waals surface area contributed by atoms with Gasteiger partial charge in [0.05, 0.1) is 5.56 Å². The normalized spacial score (nSPS) is 15.9. The number of carbonyl (C=O) groups is 1. The molecule has 4 nitrogen and oxygen atoms in total. The Labute approximate surface area is 190 Å². The van der Waals surface area contributed by atoms with Gasteiger partial charge in [0, 0.05) is 44.3 Å². The molecule has 0 radical (unpaired) electrons. The quantitative estimate of drug-likeness (QED) is 0.487. The standard InChI is InChI=1S/C24H28F5N3O/c1-23(25,26)12-15-31-13-10-21(11-14-31)32(17-18-6-3-2-4-7-18)22(33)30-20-9-5-8-19(16-20)24(27,28)29/h2-9,16,21H,10-15,17H2,1H3,(H,30,33). The molecule has 33 heavy (non-hydrogen) atoms. The van der Waals surface area contributed by atoms with E-state index in [9.17, 15) is 26.7 Å². The van der Waals surface area contributed by atoms with E-state index in [4.69, 9.17) is 0 Å². The number of rotatable bonds is 7. The van der Waals surface area contributed by atoms with Crippen molar-refractivity contribution in [3.63, 3.8) is 0 Å². The summed E-state index contributed by atoms with van der Waals surface area (Å²) in [5.41, 5.74) is 0.121. The van der Waals surface area contributed by atoms with Crippen molar-refractivity contribution in [3.05, 3.63) is 65.7 Å². The lowest BCUT2D eigenvalue weighted by molar-refractivity contribution is -0.137. The number of carbonyl (C=O) groups excluding carboxylic acids is 1. The van der Waals surface area contributed by atoms with E-state index in [1.54, 1.807) is 4.90 Å². The summed E-state index contributed by atoms with van der Waals surface area (Å²) in [6, 6.07) is 13.2. The van der Waals surface area contributed by atoms with Crippen molar-refractivity contribution in [1.29, 1.82) is 0 Å². The minimum atomic E-state index is -4.51. The summed E-state index contributed by atoms with van der Waals surface area (Å²) < 4.78 is 65.5. The van der Waals surface area contributed by atoms with Crippen LogP contribution in [-0.4, -0.2) is 47.4 Å². The highest BCUT2D eigenvalue weighted by molar-refractivity contribution is 5.89. The Morgan fingerprint density at radius 2 is 1.70 bits per heavy atom. The molecule has 2 aromatic rings. The lowest BCUT2D eigenvalue weighted by atomic mass is 10.0. The van der Waals surface area contributed by atoms with E-state index in [0.29, 0.717) is 32.5 Å². The van der Waals surface area contributed by atoms with Crippen molar-refractivity contribution in [2.45, 2.75) is 50.9 Å². The summed E-state index contributed by atoms with van der Waals surface area (Å²) in [6.07, 6.45) is -3.54. The number of likely N-dealkylation sites (tertiary alicyclic amines) is 1. The van der Waals surface area contributed by atoms with Gasteiger partial charge in [0.1, 0.15) is 0 Å². The molecule has 180 valence electrons. The first kappa shape index (κ1) is 25.0. The van der Waals surface area contributed by atoms with Crippen LogP contribution in [0.5, 0.6) is 0 Å². The second-order valence-corrected chi connectivity index (χ2v) is 8.52. The van der Waals surface area contributed by atoms with Crippen molar-refractivity contribution in [1.82, 2.24) is 9.80 Å². The average molecular weight is 469 g/mol. The van der Waals surface area contributed by atoms with Gasteiger partial charge in [-0.1, -0.05) is 36.4 Å². The Kier molecular flexibility index (Phi) is 7.94. The zero-order valence-electron chi connectivity index (χ0n) is 18.4. The summed E-state index contributed by atoms with van der Waals surface area (Å²) in [5, 5.41) is 2.60. The van der Waals surface area contributed by atoms with Crippen LogP contribution in [0.25, 0.3) is 0 Å². The number of benzene rings is 2. The van der Waals surface area contributed by atoms with Crippen molar-refractivity contribution in [2.75, 3.05) is 25.0 Å². The summed E-state index contributed by atoms with van der Waals surface area (Å²) in [6.45, 7) is 2.62. The van der Waals surface area contributed by atoms with Crippen molar-refractivity contribution in [3.8, 4) is 0 Å². The second-order valence-electron chi connectivity index (χ2n) is 8.52. The fourth-order valence-electron chi connectivity index (χ4n) is 3.92. The summed E-state index contributed by atoms with van der Waals surface area (Å²) in [7, 11) is 0. The van der Waals surface area contributed by atoms with E-state index in [2.05, 4.69) is 5.32 Å². The maximum atomic E-state index is 13.2. The Balaban J connectivity index is 1.70. The Bertz CT molecular complexity index is 906. The molecule has 2 aromatic carbocycles. The number of hydrogen-bond donors (Lipinski definition) is 1. The number of nitrogens with zero attached hydrogens (tertiary/aromatic N) is 2. The molecule has 0 aromatic heterocycles. The molecule has 0 saturated carbocycles. The summed E-state index contributed by atoms with van der Waals surface area (Å²) >= 11 is 0. The molecule has 0 unspecified atom stereocenters. The highest BCUT2D eigenvalue weighted by Crippen LogP contribution is 2.31. The van der Waals surface area contributed by atoms with Gasteiger partial charge in [-0.05, 0) is 43.5 Å². The molecule has 1 heterocycles. The molecule has 1 fully saturated rings. The predicted molar refractivity (Wildman–Crippen MR) is 117 cm³/mol. The van der Waals surface area contributed by atoms with E-state index < -0.39 is 23.7 Å². The molecular formula is C24H28F5N3O. The number of amides is 2. The summed E-state index contributed by atoms with van der Waals surface area (Å²) in [4.78, 5) is 16.7. The highest BCUT2D eigenvalue weighted by Gasteiger charge is 2.32. The van der Waals surface area contributed by atoms with Gasteiger partial charge in [-0.3, -0.25) is 0 Å². The zero-order chi connectivity index (χ0) is 24.1. The van der Waals surface area contributed by atoms with Crippen molar-refractivity contribution in [2.24, 2.45) is 0 Å². The molecule has 3 rings (SSSR count). The van der Waals surface area contributed by atoms with Gasteiger partial charge in [0.25, 0.3) is 0 Å². The van der Waals surface area contributed by atoms with Gasteiger partial charge in [-0.25, -0.2) is 13.6 Å². The van der Waals surface area contributed by atoms with Gasteiger partial charge >= 0.3 is 12.2 Å². The Morgan fingerprint density at radius 1 is 1.03 bits per heavy atom. The third kappa shape index (κ3) is 7.70. The first-order valence-corrected chi connectivity index (χ1v) is 10.9. The third-order valence-electron chi connectivity index (χ3n) is 5.76. The number of anilines is 1. The van der Waals surface area contributed by atoms with Crippen LogP contribution in [0.1, 0.15) is 37.3 Å². The molecule has 1 aliphatic heterocycles. The lowest BCUT2D eigenvalue weighted by Crippen LogP contribution is -2.48. The SMILES string of the molecule is CC(F)(F)CCN1CCC(N(Cc2ccccc2)C(=O)Nc2cccc(C(F)(F)F)c2)CC1. The number of hydrogen-bond acceptors (Lipinski definition) is 2. The van der Waals surface area contributed by atoms with Gasteiger partial charge < -0.3 is 15.1 Å². The number of urea groups is 1. The maximum Gasteiger partial charge on any atom is 0.416 e. The molecule has 0 bridgehead atoms. The summed E-state index contributed by atoms with van der Waals surface area (Å²) in [5.74, 6) is -2.72. The monoisotopic (exact) mass is 469 g/mol. The van der Waals surface area contributed by atoms with E-state index in [1.165, 1.54) is 12.1 Å². The van der Waals surface area contributed by atoms with Crippen LogP contribution in [0.4, 0.5) is 32.4 Å². The third-order valence-corrected chi connectivity index (χ3v) is 5.76. The van der Waals surface area contributed by atoms with Gasteiger partial charge in [-0.2, -0.15) is 13.2 Å². The van der Waals surface area contributed by atoms with Crippen LogP contribution in [0.3, 0.4) is 0 Å². The van der Waals surface area contributed by atoms with Crippen LogP contribution >= 0.6 is 0 Å². The molecular weight excluding hydrogens is 441 g/mol. The van der Waals surface area contributed by atoms with E-state index >= 15 is 0 Å². The smallest absolute Gasteiger partial charge is 0.317 e. The van der Waals surface area contributed by atoms with E-state index in [1.807, 2.05) is 35.2 Å². The molecule has 9 heteroatoms. The Morgan fingerprint density at radius 3 is 2.30 bits per heavy atom. The molecule has 1 N–H and O–H groups in total. The Hall–Kier alpha value is -2.68. The van der Waals surface area contributed by atoms with Crippen LogP contribution in [0, 0.1) is 0 Å². The fraction of sp³-hybridized carbons (Fsp3) is 0.458. The van der Waals surface area contributed by atoms with Crippen molar-refractivity contribution >= 4 is 11.7 Å². The predicted octanol–water partition coefficient (Wildman–Crippen LogP) is 6.25.